The number of carbonyl (C=O) groups excluding carboxylic acids is 2. The summed E-state index contributed by atoms with van der Waals surface area (Å²) in [6, 6.07) is 6.62. The smallest absolute Gasteiger partial charge is 0.404 e. The summed E-state index contributed by atoms with van der Waals surface area (Å²) in [5.74, 6) is -0.648. The van der Waals surface area contributed by atoms with Crippen molar-refractivity contribution >= 4 is 23.6 Å². The molecular weight excluding hydrogens is 256 g/mol. The average molecular weight is 269 g/mol. The molecule has 1 aliphatic rings. The van der Waals surface area contributed by atoms with Gasteiger partial charge in [-0.3, -0.25) is 4.79 Å². The number of carbonyl (C=O) groups is 2. The molecule has 96 valence electrons. The molecule has 1 heterocycles. The number of benzene rings is 1. The van der Waals surface area contributed by atoms with Crippen LogP contribution in [0.3, 0.4) is 0 Å². The van der Waals surface area contributed by atoms with E-state index in [9.17, 15) is 9.59 Å². The van der Waals surface area contributed by atoms with Crippen molar-refractivity contribution in [1.29, 1.82) is 0 Å². The summed E-state index contributed by atoms with van der Waals surface area (Å²) in [6.07, 6.45) is -1.55. The van der Waals surface area contributed by atoms with Crippen LogP contribution in [-0.2, 0) is 9.53 Å². The molecule has 1 aromatic rings. The minimum atomic E-state index is -0.902. The number of nitrogens with two attached hydrogens (primary N) is 1. The highest BCUT2D eigenvalue weighted by Crippen LogP contribution is 2.34. The van der Waals surface area contributed by atoms with E-state index in [1.165, 1.54) is 0 Å². The summed E-state index contributed by atoms with van der Waals surface area (Å²) in [5.41, 5.74) is 5.74. The first-order valence-corrected chi connectivity index (χ1v) is 5.89. The molecule has 6 heteroatoms. The molecule has 1 aromatic carbocycles. The Morgan fingerprint density at radius 2 is 2.11 bits per heavy atom. The van der Waals surface area contributed by atoms with Crippen LogP contribution in [0.4, 0.5) is 4.79 Å². The summed E-state index contributed by atoms with van der Waals surface area (Å²) in [5, 5.41) is 3.27. The normalized spacial score (nSPS) is 26.8. The minimum Gasteiger partial charge on any atom is -0.443 e. The van der Waals surface area contributed by atoms with Gasteiger partial charge in [-0.2, -0.15) is 0 Å². The molecule has 3 unspecified atom stereocenters. The maximum Gasteiger partial charge on any atom is 0.404 e. The van der Waals surface area contributed by atoms with Gasteiger partial charge in [0.15, 0.2) is 0 Å². The maximum atomic E-state index is 11.7. The quantitative estimate of drug-likeness (QED) is 0.855. The number of amides is 2. The van der Waals surface area contributed by atoms with Crippen LogP contribution >= 0.6 is 11.6 Å². The van der Waals surface area contributed by atoms with E-state index in [1.54, 1.807) is 31.2 Å². The van der Waals surface area contributed by atoms with E-state index in [2.05, 4.69) is 5.32 Å². The van der Waals surface area contributed by atoms with Crippen LogP contribution in [0.2, 0.25) is 5.02 Å². The number of halogens is 1. The van der Waals surface area contributed by atoms with Crippen molar-refractivity contribution in [3.63, 3.8) is 0 Å². The molecular formula is C12H13ClN2O3. The number of ether oxygens (including phenoxy) is 1. The molecule has 2 amide bonds. The number of rotatable bonds is 2. The molecule has 0 aromatic heterocycles. The molecule has 3 N–H and O–H groups in total. The second-order valence-electron chi connectivity index (χ2n) is 4.20. The second kappa shape index (κ2) is 4.86. The zero-order chi connectivity index (χ0) is 13.3. The van der Waals surface area contributed by atoms with Crippen LogP contribution in [0.5, 0.6) is 0 Å². The third-order valence-electron chi connectivity index (χ3n) is 3.03. The fourth-order valence-corrected chi connectivity index (χ4v) is 2.34. The Labute approximate surface area is 109 Å². The fraction of sp³-hybridized carbons (Fsp3) is 0.333. The molecule has 5 nitrogen and oxygen atoms in total. The first-order valence-electron chi connectivity index (χ1n) is 5.51. The molecule has 2 rings (SSSR count). The molecule has 3 atom stereocenters. The van der Waals surface area contributed by atoms with Crippen LogP contribution in [-0.4, -0.2) is 18.1 Å². The Balaban J connectivity index is 2.33. The Morgan fingerprint density at radius 1 is 1.44 bits per heavy atom. The van der Waals surface area contributed by atoms with E-state index in [4.69, 9.17) is 22.1 Å². The Kier molecular flexibility index (Phi) is 3.43. The van der Waals surface area contributed by atoms with Crippen molar-refractivity contribution in [3.05, 3.63) is 34.9 Å². The number of primary amides is 1. The van der Waals surface area contributed by atoms with E-state index in [-0.39, 0.29) is 5.91 Å². The number of nitrogens with one attached hydrogen (secondary N) is 1. The first-order chi connectivity index (χ1) is 8.50. The third kappa shape index (κ3) is 2.26. The summed E-state index contributed by atoms with van der Waals surface area (Å²) in [6.45, 7) is 1.68. The monoisotopic (exact) mass is 268 g/mol. The van der Waals surface area contributed by atoms with Crippen LogP contribution in [0, 0.1) is 5.92 Å². The first kappa shape index (κ1) is 12.7. The minimum absolute atomic E-state index is 0.189. The van der Waals surface area contributed by atoms with E-state index >= 15 is 0 Å². The molecule has 0 radical (unpaired) electrons. The SMILES string of the molecule is CC1C(=O)NC(c2ccccc2Cl)C1OC(N)=O. The molecule has 1 aliphatic heterocycles. The van der Waals surface area contributed by atoms with Crippen molar-refractivity contribution in [3.8, 4) is 0 Å². The van der Waals surface area contributed by atoms with Crippen molar-refractivity contribution in [2.45, 2.75) is 19.1 Å². The molecule has 0 spiro atoms. The van der Waals surface area contributed by atoms with Gasteiger partial charge < -0.3 is 15.8 Å². The average Bonchev–Trinajstić information content (AvgIpc) is 2.57. The second-order valence-corrected chi connectivity index (χ2v) is 4.61. The lowest BCUT2D eigenvalue weighted by molar-refractivity contribution is -0.123. The summed E-state index contributed by atoms with van der Waals surface area (Å²) in [4.78, 5) is 22.6. The molecule has 0 bridgehead atoms. The van der Waals surface area contributed by atoms with Crippen molar-refractivity contribution < 1.29 is 14.3 Å². The van der Waals surface area contributed by atoms with E-state index < -0.39 is 24.2 Å². The van der Waals surface area contributed by atoms with Gasteiger partial charge in [-0.15, -0.1) is 0 Å². The summed E-state index contributed by atoms with van der Waals surface area (Å²) >= 11 is 6.08. The van der Waals surface area contributed by atoms with Gasteiger partial charge in [-0.25, -0.2) is 4.79 Å². The maximum absolute atomic E-state index is 11.7. The number of hydrogen-bond acceptors (Lipinski definition) is 3. The van der Waals surface area contributed by atoms with Gasteiger partial charge in [0.25, 0.3) is 0 Å². The molecule has 1 fully saturated rings. The third-order valence-corrected chi connectivity index (χ3v) is 3.37. The van der Waals surface area contributed by atoms with E-state index in [1.807, 2.05) is 0 Å². The predicted molar refractivity (Wildman–Crippen MR) is 66.0 cm³/mol. The Bertz CT molecular complexity index is 492. The highest BCUT2D eigenvalue weighted by molar-refractivity contribution is 6.31. The Morgan fingerprint density at radius 3 is 2.72 bits per heavy atom. The van der Waals surface area contributed by atoms with Crippen LogP contribution < -0.4 is 11.1 Å². The summed E-state index contributed by atoms with van der Waals surface area (Å²) < 4.78 is 5.01. The highest BCUT2D eigenvalue weighted by atomic mass is 35.5. The molecule has 0 aliphatic carbocycles. The number of hydrogen-bond donors (Lipinski definition) is 2. The molecule has 18 heavy (non-hydrogen) atoms. The zero-order valence-corrected chi connectivity index (χ0v) is 10.5. The van der Waals surface area contributed by atoms with Crippen LogP contribution in [0.15, 0.2) is 24.3 Å². The zero-order valence-electron chi connectivity index (χ0n) is 9.72. The lowest BCUT2D eigenvalue weighted by Gasteiger charge is -2.21. The largest absolute Gasteiger partial charge is 0.443 e. The molecule has 0 saturated carbocycles. The fourth-order valence-electron chi connectivity index (χ4n) is 2.09. The van der Waals surface area contributed by atoms with Gasteiger partial charge in [0.05, 0.1) is 12.0 Å². The summed E-state index contributed by atoms with van der Waals surface area (Å²) in [7, 11) is 0. The standard InChI is InChI=1S/C12H13ClN2O3/c1-6-10(18-12(14)17)9(15-11(6)16)7-4-2-3-5-8(7)13/h2-6,9-10H,1H3,(H2,14,17)(H,15,16). The van der Waals surface area contributed by atoms with Gasteiger partial charge >= 0.3 is 6.09 Å². The van der Waals surface area contributed by atoms with E-state index in [0.717, 1.165) is 0 Å². The molecule has 1 saturated heterocycles. The van der Waals surface area contributed by atoms with Crippen molar-refractivity contribution in [2.24, 2.45) is 11.7 Å². The Hall–Kier alpha value is -1.75. The van der Waals surface area contributed by atoms with Gasteiger partial charge in [0.1, 0.15) is 6.10 Å². The van der Waals surface area contributed by atoms with Crippen molar-refractivity contribution in [2.75, 3.05) is 0 Å². The van der Waals surface area contributed by atoms with Gasteiger partial charge in [-0.1, -0.05) is 29.8 Å². The van der Waals surface area contributed by atoms with Crippen molar-refractivity contribution in [1.82, 2.24) is 5.32 Å². The lowest BCUT2D eigenvalue weighted by atomic mass is 9.97. The predicted octanol–water partition coefficient (Wildman–Crippen LogP) is 1.61. The van der Waals surface area contributed by atoms with Crippen LogP contribution in [0.25, 0.3) is 0 Å². The van der Waals surface area contributed by atoms with Gasteiger partial charge in [0, 0.05) is 5.02 Å². The van der Waals surface area contributed by atoms with Gasteiger partial charge in [0.2, 0.25) is 5.91 Å². The van der Waals surface area contributed by atoms with E-state index in [0.29, 0.717) is 10.6 Å². The van der Waals surface area contributed by atoms with Gasteiger partial charge in [-0.05, 0) is 18.6 Å². The topological polar surface area (TPSA) is 81.4 Å². The highest BCUT2D eigenvalue weighted by Gasteiger charge is 2.43. The van der Waals surface area contributed by atoms with Crippen LogP contribution in [0.1, 0.15) is 18.5 Å². The lowest BCUT2D eigenvalue weighted by Crippen LogP contribution is -2.31.